The van der Waals surface area contributed by atoms with Crippen molar-refractivity contribution in [2.75, 3.05) is 6.54 Å². The van der Waals surface area contributed by atoms with E-state index in [-0.39, 0.29) is 23.7 Å². The van der Waals surface area contributed by atoms with Gasteiger partial charge in [-0.15, -0.1) is 0 Å². The Bertz CT molecular complexity index is 1390. The zero-order valence-corrected chi connectivity index (χ0v) is 19.5. The van der Waals surface area contributed by atoms with Crippen LogP contribution in [0.1, 0.15) is 33.1 Å². The summed E-state index contributed by atoms with van der Waals surface area (Å²) < 4.78 is 0. The first kappa shape index (κ1) is 24.5. The first-order valence-corrected chi connectivity index (χ1v) is 11.2. The van der Waals surface area contributed by atoms with Gasteiger partial charge in [-0.25, -0.2) is 9.97 Å². The van der Waals surface area contributed by atoms with Crippen LogP contribution in [-0.2, 0) is 17.8 Å². The number of aliphatic carboxylic acids is 1. The minimum atomic E-state index is -1.20. The van der Waals surface area contributed by atoms with Crippen molar-refractivity contribution in [1.29, 1.82) is 0 Å². The lowest BCUT2D eigenvalue weighted by Gasteiger charge is -2.10. The first-order chi connectivity index (χ1) is 17.3. The highest BCUT2D eigenvalue weighted by atomic mass is 16.4. The van der Waals surface area contributed by atoms with Crippen molar-refractivity contribution in [1.82, 2.24) is 20.3 Å². The third kappa shape index (κ3) is 5.70. The van der Waals surface area contributed by atoms with Crippen LogP contribution in [0.5, 0.6) is 5.75 Å². The molecular formula is C27H24N4O5. The Kier molecular flexibility index (Phi) is 7.31. The highest BCUT2D eigenvalue weighted by Crippen LogP contribution is 2.25. The molecule has 4 aromatic rings. The summed E-state index contributed by atoms with van der Waals surface area (Å²) in [4.78, 5) is 35.7. The molecule has 0 aliphatic carbocycles. The maximum absolute atomic E-state index is 12.2. The highest BCUT2D eigenvalue weighted by Gasteiger charge is 2.18. The molecule has 182 valence electrons. The van der Waals surface area contributed by atoms with Crippen molar-refractivity contribution in [3.63, 3.8) is 0 Å². The summed E-state index contributed by atoms with van der Waals surface area (Å²) in [6.07, 6.45) is 1.99. The molecule has 36 heavy (non-hydrogen) atoms. The fourth-order valence-corrected chi connectivity index (χ4v) is 3.62. The Morgan fingerprint density at radius 1 is 0.861 bits per heavy atom. The van der Waals surface area contributed by atoms with Crippen molar-refractivity contribution >= 4 is 11.9 Å². The van der Waals surface area contributed by atoms with Crippen molar-refractivity contribution < 1.29 is 24.9 Å². The van der Waals surface area contributed by atoms with Crippen LogP contribution in [0.25, 0.3) is 22.4 Å². The van der Waals surface area contributed by atoms with E-state index in [1.54, 1.807) is 13.1 Å². The molecule has 4 N–H and O–H groups in total. The molecule has 0 spiro atoms. The summed E-state index contributed by atoms with van der Waals surface area (Å²) in [7, 11) is 0. The van der Waals surface area contributed by atoms with Crippen LogP contribution in [0, 0.1) is 6.92 Å². The van der Waals surface area contributed by atoms with Crippen molar-refractivity contribution in [2.45, 2.75) is 20.0 Å². The number of rotatable bonds is 8. The molecular weight excluding hydrogens is 460 g/mol. The Morgan fingerprint density at radius 3 is 2.06 bits per heavy atom. The van der Waals surface area contributed by atoms with Gasteiger partial charge in [0.05, 0.1) is 18.0 Å². The molecule has 4 rings (SSSR count). The molecule has 0 aliphatic heterocycles. The van der Waals surface area contributed by atoms with Crippen LogP contribution in [-0.4, -0.2) is 48.7 Å². The molecule has 0 aliphatic rings. The summed E-state index contributed by atoms with van der Waals surface area (Å²) in [5, 5.41) is 30.3. The Hall–Kier alpha value is -4.63. The molecule has 9 nitrogen and oxygen atoms in total. The number of aromatic hydroxyl groups is 1. The molecule has 0 atom stereocenters. The average molecular weight is 485 g/mol. The number of carboxylic acid groups (broad SMARTS) is 1. The number of aryl methyl sites for hydroxylation is 1. The minimum absolute atomic E-state index is 0.0377. The zero-order valence-electron chi connectivity index (χ0n) is 19.5. The molecule has 2 aromatic carbocycles. The minimum Gasteiger partial charge on any atom is -0.504 e. The van der Waals surface area contributed by atoms with Gasteiger partial charge in [0.15, 0.2) is 11.4 Å². The van der Waals surface area contributed by atoms with E-state index >= 15 is 0 Å². The number of hydrogen-bond acceptors (Lipinski definition) is 7. The third-order valence-electron chi connectivity index (χ3n) is 5.56. The number of carbonyl (C=O) groups is 2. The number of pyridine rings is 1. The number of aliphatic hydroxyl groups is 1. The van der Waals surface area contributed by atoms with Crippen LogP contribution in [0.4, 0.5) is 0 Å². The van der Waals surface area contributed by atoms with E-state index in [2.05, 4.69) is 20.3 Å². The van der Waals surface area contributed by atoms with Crippen molar-refractivity contribution in [2.24, 2.45) is 0 Å². The van der Waals surface area contributed by atoms with Gasteiger partial charge in [0.1, 0.15) is 12.4 Å². The summed E-state index contributed by atoms with van der Waals surface area (Å²) in [6, 6.07) is 19.6. The van der Waals surface area contributed by atoms with Gasteiger partial charge in [-0.3, -0.25) is 14.6 Å². The standard InChI is InChI=1S/C27H24N4O5/c1-16-26(35)25(27(36)29-14-24(33)34)31-23(30-16)12-17-2-5-19(6-3-17)20-7-9-21(10-8-20)22-11-4-18(15-32)13-28-22/h2-11,13,32,35H,12,14-15H2,1H3,(H,29,36)(H,33,34). The number of nitrogens with one attached hydrogen (secondary N) is 1. The predicted molar refractivity (Wildman–Crippen MR) is 132 cm³/mol. The smallest absolute Gasteiger partial charge is 0.322 e. The van der Waals surface area contributed by atoms with Crippen LogP contribution < -0.4 is 5.32 Å². The van der Waals surface area contributed by atoms with E-state index in [1.807, 2.05) is 60.7 Å². The Morgan fingerprint density at radius 2 is 1.47 bits per heavy atom. The fourth-order valence-electron chi connectivity index (χ4n) is 3.62. The van der Waals surface area contributed by atoms with Gasteiger partial charge >= 0.3 is 5.97 Å². The number of amides is 1. The van der Waals surface area contributed by atoms with E-state index in [0.29, 0.717) is 12.2 Å². The molecule has 0 unspecified atom stereocenters. The largest absolute Gasteiger partial charge is 0.504 e. The van der Waals surface area contributed by atoms with Crippen molar-refractivity contribution in [3.8, 4) is 28.1 Å². The lowest BCUT2D eigenvalue weighted by Crippen LogP contribution is -2.30. The summed E-state index contributed by atoms with van der Waals surface area (Å²) in [5.74, 6) is -2.01. The number of hydrogen-bond donors (Lipinski definition) is 4. The third-order valence-corrected chi connectivity index (χ3v) is 5.56. The number of carboxylic acids is 1. The van der Waals surface area contributed by atoms with Gasteiger partial charge < -0.3 is 20.6 Å². The number of aliphatic hydroxyl groups excluding tert-OH is 1. The van der Waals surface area contributed by atoms with Crippen molar-refractivity contribution in [3.05, 3.63) is 95.2 Å². The van der Waals surface area contributed by atoms with E-state index in [4.69, 9.17) is 10.2 Å². The number of aromatic nitrogens is 3. The quantitative estimate of drug-likeness (QED) is 0.298. The van der Waals surface area contributed by atoms with Gasteiger partial charge in [-0.2, -0.15) is 0 Å². The van der Waals surface area contributed by atoms with E-state index in [9.17, 15) is 14.7 Å². The molecule has 0 saturated heterocycles. The van der Waals surface area contributed by atoms with Crippen LogP contribution >= 0.6 is 0 Å². The summed E-state index contributed by atoms with van der Waals surface area (Å²) in [5.41, 5.74) is 5.51. The summed E-state index contributed by atoms with van der Waals surface area (Å²) >= 11 is 0. The maximum Gasteiger partial charge on any atom is 0.322 e. The highest BCUT2D eigenvalue weighted by molar-refractivity contribution is 5.96. The monoisotopic (exact) mass is 484 g/mol. The summed E-state index contributed by atoms with van der Waals surface area (Å²) in [6.45, 7) is 0.938. The molecule has 2 heterocycles. The van der Waals surface area contributed by atoms with Gasteiger partial charge in [0.2, 0.25) is 0 Å². The second kappa shape index (κ2) is 10.7. The lowest BCUT2D eigenvalue weighted by atomic mass is 10.0. The molecule has 0 fully saturated rings. The van der Waals surface area contributed by atoms with Gasteiger partial charge in [0.25, 0.3) is 5.91 Å². The second-order valence-corrected chi connectivity index (χ2v) is 8.16. The molecule has 0 saturated carbocycles. The number of nitrogens with zero attached hydrogens (tertiary/aromatic N) is 3. The van der Waals surface area contributed by atoms with Gasteiger partial charge in [0, 0.05) is 18.2 Å². The molecule has 9 heteroatoms. The molecule has 2 aromatic heterocycles. The topological polar surface area (TPSA) is 146 Å². The van der Waals surface area contributed by atoms with E-state index in [0.717, 1.165) is 33.5 Å². The normalized spacial score (nSPS) is 10.7. The fraction of sp³-hybridized carbons (Fsp3) is 0.148. The Labute approximate surface area is 207 Å². The number of carbonyl (C=O) groups excluding carboxylic acids is 1. The van der Waals surface area contributed by atoms with Gasteiger partial charge in [-0.1, -0.05) is 54.6 Å². The first-order valence-electron chi connectivity index (χ1n) is 11.2. The second-order valence-electron chi connectivity index (χ2n) is 8.16. The van der Waals surface area contributed by atoms with E-state index < -0.39 is 18.4 Å². The molecule has 0 radical (unpaired) electrons. The molecule has 0 bridgehead atoms. The number of benzene rings is 2. The average Bonchev–Trinajstić information content (AvgIpc) is 2.90. The lowest BCUT2D eigenvalue weighted by molar-refractivity contribution is -0.135. The SMILES string of the molecule is Cc1nc(Cc2ccc(-c3ccc(-c4ccc(CO)cn4)cc3)cc2)nc(C(=O)NCC(=O)O)c1O. The Balaban J connectivity index is 1.48. The maximum atomic E-state index is 12.2. The van der Waals surface area contributed by atoms with Crippen LogP contribution in [0.3, 0.4) is 0 Å². The predicted octanol–water partition coefficient (Wildman–Crippen LogP) is 3.12. The zero-order chi connectivity index (χ0) is 25.7. The van der Waals surface area contributed by atoms with E-state index in [1.165, 1.54) is 0 Å². The van der Waals surface area contributed by atoms with Crippen LogP contribution in [0.2, 0.25) is 0 Å². The molecule has 1 amide bonds. The van der Waals surface area contributed by atoms with Crippen LogP contribution in [0.15, 0.2) is 66.9 Å². The van der Waals surface area contributed by atoms with Gasteiger partial charge in [-0.05, 0) is 35.2 Å².